The monoisotopic (exact) mass is 469 g/mol. The van der Waals surface area contributed by atoms with Crippen LogP contribution < -0.4 is 5.32 Å². The van der Waals surface area contributed by atoms with Crippen LogP contribution >= 0.6 is 22.9 Å². The number of aliphatic hydroxyl groups is 1. The molecule has 8 heteroatoms. The van der Waals surface area contributed by atoms with Gasteiger partial charge in [0.15, 0.2) is 0 Å². The Morgan fingerprint density at radius 2 is 1.97 bits per heavy atom. The van der Waals surface area contributed by atoms with Gasteiger partial charge < -0.3 is 15.3 Å². The van der Waals surface area contributed by atoms with Gasteiger partial charge in [-0.15, -0.1) is 11.3 Å². The molecular weight excluding hydrogens is 446 g/mol. The highest BCUT2D eigenvalue weighted by atomic mass is 35.5. The third kappa shape index (κ3) is 4.55. The Hall–Kier alpha value is -2.74. The van der Waals surface area contributed by atoms with Crippen LogP contribution in [0.2, 0.25) is 5.02 Å². The average Bonchev–Trinajstić information content (AvgIpc) is 3.39. The van der Waals surface area contributed by atoms with Crippen LogP contribution in [0.3, 0.4) is 0 Å². The number of carbonyl (C=O) groups excluding carboxylic acids is 2. The minimum Gasteiger partial charge on any atom is -0.391 e. The van der Waals surface area contributed by atoms with Crippen molar-refractivity contribution >= 4 is 34.8 Å². The second-order valence-electron chi connectivity index (χ2n) is 7.96. The lowest BCUT2D eigenvalue weighted by Crippen LogP contribution is -2.45. The Morgan fingerprint density at radius 3 is 2.66 bits per heavy atom. The number of rotatable bonds is 5. The summed E-state index contributed by atoms with van der Waals surface area (Å²) < 4.78 is 0. The number of amides is 2. The molecule has 1 fully saturated rings. The summed E-state index contributed by atoms with van der Waals surface area (Å²) in [5.74, 6) is -0.581. The predicted octanol–water partition coefficient (Wildman–Crippen LogP) is 3.97. The molecule has 2 unspecified atom stereocenters. The highest BCUT2D eigenvalue weighted by Gasteiger charge is 2.39. The van der Waals surface area contributed by atoms with Crippen molar-refractivity contribution in [1.29, 1.82) is 0 Å². The molecule has 0 bridgehead atoms. The smallest absolute Gasteiger partial charge is 0.254 e. The Kier molecular flexibility index (Phi) is 6.60. The first-order valence-corrected chi connectivity index (χ1v) is 11.6. The summed E-state index contributed by atoms with van der Waals surface area (Å²) in [4.78, 5) is 32.9. The lowest BCUT2D eigenvalue weighted by Gasteiger charge is -2.24. The van der Waals surface area contributed by atoms with E-state index in [1.165, 1.54) is 4.90 Å². The molecule has 0 radical (unpaired) electrons. The third-order valence-electron chi connectivity index (χ3n) is 5.77. The molecular formula is C24H24ClN3O3S. The molecule has 1 aromatic heterocycles. The van der Waals surface area contributed by atoms with Crippen molar-refractivity contribution in [2.45, 2.75) is 39.0 Å². The summed E-state index contributed by atoms with van der Waals surface area (Å²) in [6, 6.07) is 12.4. The second-order valence-corrected chi connectivity index (χ2v) is 9.22. The number of aromatic nitrogens is 1. The number of hydrogen-bond acceptors (Lipinski definition) is 5. The summed E-state index contributed by atoms with van der Waals surface area (Å²) in [5.41, 5.74) is 5.97. The van der Waals surface area contributed by atoms with Crippen LogP contribution in [0.1, 0.15) is 33.6 Å². The van der Waals surface area contributed by atoms with Crippen molar-refractivity contribution in [1.82, 2.24) is 15.2 Å². The first-order valence-electron chi connectivity index (χ1n) is 10.4. The van der Waals surface area contributed by atoms with Gasteiger partial charge in [0.25, 0.3) is 5.91 Å². The molecule has 2 heterocycles. The Balaban J connectivity index is 1.43. The van der Waals surface area contributed by atoms with Gasteiger partial charge >= 0.3 is 0 Å². The molecule has 1 saturated heterocycles. The van der Waals surface area contributed by atoms with E-state index in [2.05, 4.69) is 10.3 Å². The molecule has 3 aromatic rings. The maximum atomic E-state index is 13.1. The van der Waals surface area contributed by atoms with Crippen LogP contribution in [0.25, 0.3) is 10.4 Å². The van der Waals surface area contributed by atoms with Gasteiger partial charge in [0.2, 0.25) is 5.91 Å². The summed E-state index contributed by atoms with van der Waals surface area (Å²) in [6.07, 6.45) is -0.531. The maximum Gasteiger partial charge on any atom is 0.254 e. The van der Waals surface area contributed by atoms with E-state index < -0.39 is 12.1 Å². The van der Waals surface area contributed by atoms with E-state index in [0.29, 0.717) is 22.7 Å². The summed E-state index contributed by atoms with van der Waals surface area (Å²) in [7, 11) is 0. The fourth-order valence-electron chi connectivity index (χ4n) is 3.94. The minimum absolute atomic E-state index is 0.117. The van der Waals surface area contributed by atoms with Gasteiger partial charge in [-0.3, -0.25) is 9.59 Å². The number of benzene rings is 2. The lowest BCUT2D eigenvalue weighted by atomic mass is 10.1. The number of nitrogens with one attached hydrogen (secondary N) is 1. The van der Waals surface area contributed by atoms with Gasteiger partial charge in [-0.05, 0) is 42.7 Å². The van der Waals surface area contributed by atoms with Crippen molar-refractivity contribution in [3.63, 3.8) is 0 Å². The minimum atomic E-state index is -0.740. The molecule has 4 rings (SSSR count). The quantitative estimate of drug-likeness (QED) is 0.592. The number of β-amino-alcohol motifs (C(OH)–C–C–N with tert-alkyl or cyclic N) is 1. The topological polar surface area (TPSA) is 82.5 Å². The molecule has 32 heavy (non-hydrogen) atoms. The van der Waals surface area contributed by atoms with Gasteiger partial charge in [0, 0.05) is 30.1 Å². The van der Waals surface area contributed by atoms with Gasteiger partial charge in [0.05, 0.1) is 22.2 Å². The predicted molar refractivity (Wildman–Crippen MR) is 126 cm³/mol. The third-order valence-corrected chi connectivity index (χ3v) is 7.16. The highest BCUT2D eigenvalue weighted by Crippen LogP contribution is 2.28. The van der Waals surface area contributed by atoms with E-state index in [1.54, 1.807) is 36.5 Å². The first-order chi connectivity index (χ1) is 15.3. The average molecular weight is 470 g/mol. The van der Waals surface area contributed by atoms with E-state index in [0.717, 1.165) is 21.7 Å². The standard InChI is InChI=1S/C24H24ClN3O3S/c1-14-19(4-3-5-20(14)25)24(31)28-12-18(29)10-21(28)23(30)26-11-16-6-8-17(9-7-16)22-15(2)27-13-32-22/h3-9,13,18,21,29H,10-12H2,1-2H3,(H,26,30). The molecule has 166 valence electrons. The fraction of sp³-hybridized carbons (Fsp3) is 0.292. The summed E-state index contributed by atoms with van der Waals surface area (Å²) in [6.45, 7) is 4.21. The zero-order valence-electron chi connectivity index (χ0n) is 17.8. The number of thiazole rings is 1. The van der Waals surface area contributed by atoms with E-state index in [1.807, 2.05) is 36.7 Å². The van der Waals surface area contributed by atoms with E-state index in [4.69, 9.17) is 11.6 Å². The van der Waals surface area contributed by atoms with Crippen LogP contribution in [-0.4, -0.2) is 45.5 Å². The number of aryl methyl sites for hydroxylation is 1. The van der Waals surface area contributed by atoms with Crippen molar-refractivity contribution in [3.8, 4) is 10.4 Å². The molecule has 0 spiro atoms. The summed E-state index contributed by atoms with van der Waals surface area (Å²) in [5, 5.41) is 13.6. The van der Waals surface area contributed by atoms with Crippen molar-refractivity contribution in [3.05, 3.63) is 75.4 Å². The molecule has 0 aliphatic carbocycles. The van der Waals surface area contributed by atoms with E-state index >= 15 is 0 Å². The van der Waals surface area contributed by atoms with Crippen molar-refractivity contribution in [2.75, 3.05) is 6.54 Å². The van der Waals surface area contributed by atoms with Gasteiger partial charge in [-0.2, -0.15) is 0 Å². The first kappa shape index (κ1) is 22.5. The van der Waals surface area contributed by atoms with E-state index in [9.17, 15) is 14.7 Å². The van der Waals surface area contributed by atoms with Crippen LogP contribution in [0.15, 0.2) is 48.0 Å². The SMILES string of the molecule is Cc1ncsc1-c1ccc(CNC(=O)C2CC(O)CN2C(=O)c2cccc(Cl)c2C)cc1. The molecule has 1 aliphatic heterocycles. The fourth-order valence-corrected chi connectivity index (χ4v) is 4.93. The number of aliphatic hydroxyl groups excluding tert-OH is 1. The van der Waals surface area contributed by atoms with Crippen LogP contribution in [0, 0.1) is 13.8 Å². The zero-order valence-corrected chi connectivity index (χ0v) is 19.4. The number of halogens is 1. The van der Waals surface area contributed by atoms with E-state index in [-0.39, 0.29) is 24.8 Å². The van der Waals surface area contributed by atoms with Crippen LogP contribution in [-0.2, 0) is 11.3 Å². The molecule has 6 nitrogen and oxygen atoms in total. The Morgan fingerprint density at radius 1 is 1.22 bits per heavy atom. The number of nitrogens with zero attached hydrogens (tertiary/aromatic N) is 2. The lowest BCUT2D eigenvalue weighted by molar-refractivity contribution is -0.125. The molecule has 2 N–H and O–H groups in total. The Labute approximate surface area is 195 Å². The Bertz CT molecular complexity index is 1150. The molecule has 2 amide bonds. The zero-order chi connectivity index (χ0) is 22.8. The maximum absolute atomic E-state index is 13.1. The normalized spacial score (nSPS) is 18.1. The van der Waals surface area contributed by atoms with Gasteiger partial charge in [-0.1, -0.05) is 41.9 Å². The molecule has 2 aromatic carbocycles. The summed E-state index contributed by atoms with van der Waals surface area (Å²) >= 11 is 7.76. The second kappa shape index (κ2) is 9.40. The number of likely N-dealkylation sites (tertiary alicyclic amines) is 1. The van der Waals surface area contributed by atoms with Crippen molar-refractivity contribution < 1.29 is 14.7 Å². The van der Waals surface area contributed by atoms with Gasteiger partial charge in [0.1, 0.15) is 6.04 Å². The van der Waals surface area contributed by atoms with Crippen LogP contribution in [0.5, 0.6) is 0 Å². The number of carbonyl (C=O) groups is 2. The number of hydrogen-bond donors (Lipinski definition) is 2. The molecule has 0 saturated carbocycles. The van der Waals surface area contributed by atoms with Gasteiger partial charge in [-0.25, -0.2) is 4.98 Å². The molecule has 1 aliphatic rings. The highest BCUT2D eigenvalue weighted by molar-refractivity contribution is 7.13. The van der Waals surface area contributed by atoms with Crippen molar-refractivity contribution in [2.24, 2.45) is 0 Å². The largest absolute Gasteiger partial charge is 0.391 e. The molecule has 2 atom stereocenters. The van der Waals surface area contributed by atoms with Crippen LogP contribution in [0.4, 0.5) is 0 Å².